The van der Waals surface area contributed by atoms with Gasteiger partial charge in [-0.25, -0.2) is 13.4 Å². The van der Waals surface area contributed by atoms with E-state index in [9.17, 15) is 13.2 Å². The molecule has 204 valence electrons. The van der Waals surface area contributed by atoms with Crippen molar-refractivity contribution in [2.75, 3.05) is 39.4 Å². The zero-order valence-corrected chi connectivity index (χ0v) is 23.5. The summed E-state index contributed by atoms with van der Waals surface area (Å²) in [5.41, 5.74) is 2.23. The predicted molar refractivity (Wildman–Crippen MR) is 148 cm³/mol. The molecule has 0 spiro atoms. The number of benzene rings is 2. The minimum absolute atomic E-state index is 0.00566. The van der Waals surface area contributed by atoms with Gasteiger partial charge >= 0.3 is 0 Å². The topological polar surface area (TPSA) is 84.7 Å². The van der Waals surface area contributed by atoms with Gasteiger partial charge in [-0.15, -0.1) is 0 Å². The molecule has 0 atom stereocenters. The summed E-state index contributed by atoms with van der Waals surface area (Å²) >= 11 is 6.07. The number of ether oxygens (including phenoxy) is 1. The largest absolute Gasteiger partial charge is 0.379 e. The first-order chi connectivity index (χ1) is 18.2. The number of rotatable bonds is 11. The van der Waals surface area contributed by atoms with Crippen LogP contribution in [-0.4, -0.2) is 73.1 Å². The molecule has 1 aromatic heterocycles. The van der Waals surface area contributed by atoms with Gasteiger partial charge in [-0.05, 0) is 37.1 Å². The second-order valence-corrected chi connectivity index (χ2v) is 12.1. The quantitative estimate of drug-likeness (QED) is 0.354. The van der Waals surface area contributed by atoms with E-state index in [1.54, 1.807) is 35.0 Å². The fourth-order valence-electron chi connectivity index (χ4n) is 4.64. The van der Waals surface area contributed by atoms with E-state index in [2.05, 4.69) is 9.88 Å². The summed E-state index contributed by atoms with van der Waals surface area (Å²) in [5.74, 6) is -0.214. The number of halogens is 1. The third kappa shape index (κ3) is 7.44. The fourth-order valence-corrected chi connectivity index (χ4v) is 6.45. The van der Waals surface area contributed by atoms with Gasteiger partial charge in [0.05, 0.1) is 43.8 Å². The highest BCUT2D eigenvalue weighted by Crippen LogP contribution is 2.24. The molecule has 1 fully saturated rings. The van der Waals surface area contributed by atoms with Gasteiger partial charge in [0.15, 0.2) is 0 Å². The maximum atomic E-state index is 13.5. The lowest BCUT2D eigenvalue weighted by Crippen LogP contribution is -2.43. The molecule has 0 saturated carbocycles. The second kappa shape index (κ2) is 12.9. The monoisotopic (exact) mass is 558 g/mol. The Bertz CT molecular complexity index is 1320. The van der Waals surface area contributed by atoms with Crippen molar-refractivity contribution in [2.45, 2.75) is 43.8 Å². The van der Waals surface area contributed by atoms with E-state index < -0.39 is 9.84 Å². The van der Waals surface area contributed by atoms with E-state index >= 15 is 0 Å². The Balaban J connectivity index is 1.58. The molecule has 8 nitrogen and oxygen atoms in total. The number of amides is 1. The maximum Gasteiger partial charge on any atom is 0.228 e. The Hall–Kier alpha value is -2.72. The van der Waals surface area contributed by atoms with Crippen LogP contribution in [0.15, 0.2) is 66.0 Å². The van der Waals surface area contributed by atoms with Crippen molar-refractivity contribution in [1.82, 2.24) is 19.4 Å². The maximum absolute atomic E-state index is 13.5. The predicted octanol–water partition coefficient (Wildman–Crippen LogP) is 3.99. The second-order valence-electron chi connectivity index (χ2n) is 9.82. The van der Waals surface area contributed by atoms with Crippen LogP contribution in [0.3, 0.4) is 0 Å². The van der Waals surface area contributed by atoms with Gasteiger partial charge in [-0.2, -0.15) is 0 Å². The van der Waals surface area contributed by atoms with E-state index in [1.165, 1.54) is 0 Å². The number of morpholine rings is 1. The molecule has 0 aliphatic carbocycles. The zero-order valence-electron chi connectivity index (χ0n) is 21.9. The number of carbonyl (C=O) groups is 1. The first-order valence-corrected chi connectivity index (χ1v) is 14.9. The van der Waals surface area contributed by atoms with Gasteiger partial charge in [0.2, 0.25) is 20.9 Å². The number of sulfone groups is 1. The van der Waals surface area contributed by atoms with Crippen LogP contribution in [0.4, 0.5) is 0 Å². The van der Waals surface area contributed by atoms with Crippen molar-refractivity contribution in [3.63, 3.8) is 0 Å². The number of imidazole rings is 1. The normalized spacial score (nSPS) is 14.6. The van der Waals surface area contributed by atoms with E-state index in [4.69, 9.17) is 16.3 Å². The van der Waals surface area contributed by atoms with E-state index in [0.717, 1.165) is 25.2 Å². The van der Waals surface area contributed by atoms with Gasteiger partial charge in [-0.3, -0.25) is 9.69 Å². The molecule has 0 bridgehead atoms. The molecule has 0 radical (unpaired) electrons. The minimum Gasteiger partial charge on any atom is -0.379 e. The zero-order chi connectivity index (χ0) is 27.1. The molecule has 0 N–H and O–H groups in total. The molecular formula is C28H35ClN4O4S. The van der Waals surface area contributed by atoms with Crippen molar-refractivity contribution in [1.29, 1.82) is 0 Å². The average Bonchev–Trinajstić information content (AvgIpc) is 3.32. The van der Waals surface area contributed by atoms with Crippen molar-refractivity contribution in [3.05, 3.63) is 82.6 Å². The molecule has 10 heteroatoms. The summed E-state index contributed by atoms with van der Waals surface area (Å²) in [4.78, 5) is 21.9. The molecule has 1 aliphatic rings. The first kappa shape index (κ1) is 28.3. The smallest absolute Gasteiger partial charge is 0.228 e. The molecule has 1 aliphatic heterocycles. The molecular weight excluding hydrogens is 524 g/mol. The Morgan fingerprint density at radius 3 is 2.47 bits per heavy atom. The highest BCUT2D eigenvalue weighted by atomic mass is 35.5. The van der Waals surface area contributed by atoms with Crippen LogP contribution in [0, 0.1) is 0 Å². The van der Waals surface area contributed by atoms with Gasteiger partial charge in [-0.1, -0.05) is 54.1 Å². The standard InChI is InChI=1S/C28H35ClN4O4S/c1-22(2)33-26(19-30-28(33)38(35,36)21-24-9-6-10-25(29)17-24)20-32(12-11-31-13-15-37-16-14-31)27(34)18-23-7-4-3-5-8-23/h3-10,17,19,22H,11-16,18,20-21H2,1-2H3. The van der Waals surface area contributed by atoms with Gasteiger partial charge in [0.25, 0.3) is 0 Å². The number of carbonyl (C=O) groups excluding carboxylic acids is 1. The van der Waals surface area contributed by atoms with Crippen LogP contribution in [0.25, 0.3) is 0 Å². The highest BCUT2D eigenvalue weighted by molar-refractivity contribution is 7.90. The van der Waals surface area contributed by atoms with Crippen LogP contribution in [0.5, 0.6) is 0 Å². The molecule has 0 unspecified atom stereocenters. The lowest BCUT2D eigenvalue weighted by Gasteiger charge is -2.30. The number of hydrogen-bond donors (Lipinski definition) is 0. The minimum atomic E-state index is -3.75. The number of aromatic nitrogens is 2. The SMILES string of the molecule is CC(C)n1c(CN(CCN2CCOCC2)C(=O)Cc2ccccc2)cnc1S(=O)(=O)Cc1cccc(Cl)c1. The van der Waals surface area contributed by atoms with Crippen LogP contribution in [-0.2, 0) is 38.1 Å². The Labute approximate surface area is 230 Å². The molecule has 1 saturated heterocycles. The molecule has 1 amide bonds. The van der Waals surface area contributed by atoms with Crippen LogP contribution in [0.1, 0.15) is 36.7 Å². The highest BCUT2D eigenvalue weighted by Gasteiger charge is 2.27. The lowest BCUT2D eigenvalue weighted by atomic mass is 10.1. The molecule has 2 aromatic carbocycles. The Kier molecular flexibility index (Phi) is 9.59. The number of nitrogens with zero attached hydrogens (tertiary/aromatic N) is 4. The van der Waals surface area contributed by atoms with Crippen molar-refractivity contribution < 1.29 is 17.9 Å². The van der Waals surface area contributed by atoms with E-state index in [1.807, 2.05) is 49.1 Å². The fraction of sp³-hybridized carbons (Fsp3) is 0.429. The van der Waals surface area contributed by atoms with Crippen molar-refractivity contribution in [2.24, 2.45) is 0 Å². The third-order valence-corrected chi connectivity index (χ3v) is 8.38. The Morgan fingerprint density at radius 1 is 1.08 bits per heavy atom. The summed E-state index contributed by atoms with van der Waals surface area (Å²) in [7, 11) is -3.75. The molecule has 3 aromatic rings. The van der Waals surface area contributed by atoms with Gasteiger partial charge < -0.3 is 14.2 Å². The van der Waals surface area contributed by atoms with Crippen molar-refractivity contribution >= 4 is 27.3 Å². The molecule has 38 heavy (non-hydrogen) atoms. The third-order valence-electron chi connectivity index (χ3n) is 6.57. The lowest BCUT2D eigenvalue weighted by molar-refractivity contribution is -0.131. The van der Waals surface area contributed by atoms with Gasteiger partial charge in [0, 0.05) is 37.2 Å². The summed E-state index contributed by atoms with van der Waals surface area (Å²) in [5, 5.41) is 0.490. The summed E-state index contributed by atoms with van der Waals surface area (Å²) in [6, 6.07) is 16.3. The summed E-state index contributed by atoms with van der Waals surface area (Å²) < 4.78 is 34.0. The Morgan fingerprint density at radius 2 is 1.79 bits per heavy atom. The molecule has 2 heterocycles. The first-order valence-electron chi connectivity index (χ1n) is 12.9. The summed E-state index contributed by atoms with van der Waals surface area (Å²) in [6.07, 6.45) is 1.86. The summed E-state index contributed by atoms with van der Waals surface area (Å²) in [6.45, 7) is 8.40. The van der Waals surface area contributed by atoms with E-state index in [0.29, 0.717) is 36.0 Å². The van der Waals surface area contributed by atoms with Gasteiger partial charge in [0.1, 0.15) is 0 Å². The molecule has 4 rings (SSSR count). The van der Waals surface area contributed by atoms with Crippen LogP contribution >= 0.6 is 11.6 Å². The van der Waals surface area contributed by atoms with Crippen molar-refractivity contribution in [3.8, 4) is 0 Å². The number of hydrogen-bond acceptors (Lipinski definition) is 6. The average molecular weight is 559 g/mol. The van der Waals surface area contributed by atoms with E-state index in [-0.39, 0.29) is 35.8 Å². The van der Waals surface area contributed by atoms with Crippen LogP contribution < -0.4 is 0 Å². The van der Waals surface area contributed by atoms with Crippen LogP contribution in [0.2, 0.25) is 5.02 Å².